The molecule has 2 nitrogen and oxygen atoms in total. The van der Waals surface area contributed by atoms with E-state index >= 15 is 0 Å². The topological polar surface area (TPSA) is 37.3 Å². The minimum Gasteiger partial charge on any atom is -0.348 e. The summed E-state index contributed by atoms with van der Waals surface area (Å²) >= 11 is 2.73. The largest absolute Gasteiger partial charge is 0.348 e. The zero-order valence-electron chi connectivity index (χ0n) is 5.29. The Hall–Kier alpha value is 0.722. The van der Waals surface area contributed by atoms with Crippen molar-refractivity contribution in [2.45, 2.75) is 25.0 Å². The van der Waals surface area contributed by atoms with Crippen molar-refractivity contribution >= 4 is 25.0 Å². The Morgan fingerprint density at radius 2 is 2.00 bits per heavy atom. The summed E-state index contributed by atoms with van der Waals surface area (Å²) in [6.07, 6.45) is 1.27. The molecule has 0 aromatic heterocycles. The van der Waals surface area contributed by atoms with E-state index in [-0.39, 0.29) is 0 Å². The van der Waals surface area contributed by atoms with E-state index in [1.54, 1.807) is 0 Å². The van der Waals surface area contributed by atoms with Gasteiger partial charge in [-0.05, 0) is 0 Å². The molecule has 48 valence electrons. The molecule has 2 atom stereocenters. The van der Waals surface area contributed by atoms with Crippen LogP contribution in [0.4, 0.5) is 0 Å². The van der Waals surface area contributed by atoms with Gasteiger partial charge >= 0.3 is 0 Å². The quantitative estimate of drug-likeness (QED) is 0.447. The zero-order chi connectivity index (χ0) is 6.99. The Kier molecular flexibility index (Phi) is 15.3. The zero-order valence-corrected chi connectivity index (χ0v) is 7.60. The molecular formula is C4H12AlO2P. The summed E-state index contributed by atoms with van der Waals surface area (Å²) in [5.74, 6) is 0. The third-order valence-corrected chi connectivity index (χ3v) is 1.12. The first-order valence-electron chi connectivity index (χ1n) is 2.52. The second kappa shape index (κ2) is 10.7. The summed E-state index contributed by atoms with van der Waals surface area (Å²) in [4.78, 5) is 7.10. The first-order valence-corrected chi connectivity index (χ1v) is 4.17. The average Bonchev–Trinajstić information content (AvgIpc) is 1.69. The Balaban J connectivity index is 0. The summed E-state index contributed by atoms with van der Waals surface area (Å²) < 4.78 is 9.37. The molecule has 0 aromatic rings. The molecule has 0 rings (SSSR count). The smallest absolute Gasteiger partial charge is 0.177 e. The van der Waals surface area contributed by atoms with E-state index in [1.165, 1.54) is 6.42 Å². The minimum atomic E-state index is -1.50. The summed E-state index contributed by atoms with van der Waals surface area (Å²) in [5.41, 5.74) is 0. The highest BCUT2D eigenvalue weighted by atomic mass is 31.1. The van der Waals surface area contributed by atoms with Gasteiger partial charge in [-0.25, -0.2) is 0 Å². The lowest BCUT2D eigenvalue weighted by molar-refractivity contribution is 0.524. The van der Waals surface area contributed by atoms with E-state index in [9.17, 15) is 0 Å². The molecule has 0 aliphatic carbocycles. The summed E-state index contributed by atoms with van der Waals surface area (Å²) in [5, 5.41) is 0. The Labute approximate surface area is 60.0 Å². The lowest BCUT2D eigenvalue weighted by Crippen LogP contribution is -1.76. The predicted molar refractivity (Wildman–Crippen MR) is 38.1 cm³/mol. The van der Waals surface area contributed by atoms with Gasteiger partial charge in [0.05, 0.1) is 0 Å². The van der Waals surface area contributed by atoms with Crippen LogP contribution in [-0.4, -0.2) is 21.2 Å². The molecule has 0 fully saturated rings. The lowest BCUT2D eigenvalue weighted by Gasteiger charge is -1.91. The van der Waals surface area contributed by atoms with Crippen LogP contribution in [-0.2, 0) is 4.57 Å². The molecule has 0 spiro atoms. The second-order valence-corrected chi connectivity index (χ2v) is 2.84. The van der Waals surface area contributed by atoms with E-state index in [0.29, 0.717) is 0 Å². The van der Waals surface area contributed by atoms with Crippen molar-refractivity contribution in [3.8, 4) is 0 Å². The van der Waals surface area contributed by atoms with Crippen molar-refractivity contribution in [3.63, 3.8) is 0 Å². The monoisotopic (exact) mass is 150 g/mol. The molecule has 8 heavy (non-hydrogen) atoms. The Morgan fingerprint density at radius 3 is 2.00 bits per heavy atom. The molecule has 0 aliphatic heterocycles. The van der Waals surface area contributed by atoms with Gasteiger partial charge in [0.1, 0.15) is 16.3 Å². The van der Waals surface area contributed by atoms with Crippen LogP contribution in [0, 0.1) is 0 Å². The predicted octanol–water partition coefficient (Wildman–Crippen LogP) is 1.02. The van der Waals surface area contributed by atoms with Crippen molar-refractivity contribution in [1.82, 2.24) is 0 Å². The number of hydrogen-bond donors (Lipinski definition) is 1. The molecular weight excluding hydrogens is 138 g/mol. The molecule has 1 N–H and O–H groups in total. The van der Waals surface area contributed by atoms with Crippen molar-refractivity contribution in [2.75, 3.05) is 0 Å². The number of rotatable bonds is 1. The molecule has 2 unspecified atom stereocenters. The van der Waals surface area contributed by atoms with Gasteiger partial charge in [0.2, 0.25) is 0 Å². The van der Waals surface area contributed by atoms with Crippen LogP contribution in [0.25, 0.3) is 0 Å². The molecule has 0 aromatic carbocycles. The third kappa shape index (κ3) is 29.7. The third-order valence-electron chi connectivity index (χ3n) is 0.644. The fraction of sp³-hybridized carbons (Fsp3) is 1.00. The van der Waals surface area contributed by atoms with E-state index in [0.717, 1.165) is 4.78 Å². The highest BCUT2D eigenvalue weighted by Crippen LogP contribution is 1.97. The molecule has 4 heteroatoms. The van der Waals surface area contributed by atoms with Gasteiger partial charge in [-0.1, -0.05) is 20.3 Å². The minimum absolute atomic E-state index is 0.801. The summed E-state index contributed by atoms with van der Waals surface area (Å²) in [6.45, 7) is 4.36. The van der Waals surface area contributed by atoms with E-state index in [2.05, 4.69) is 30.1 Å². The van der Waals surface area contributed by atoms with Crippen molar-refractivity contribution < 1.29 is 9.46 Å². The fourth-order valence-corrected chi connectivity index (χ4v) is 0. The van der Waals surface area contributed by atoms with E-state index in [1.807, 2.05) is 0 Å². The average molecular weight is 150 g/mol. The van der Waals surface area contributed by atoms with Gasteiger partial charge in [-0.2, -0.15) is 0 Å². The standard InChI is InChI=1S/C4H9.Al.H3O2P/c1-3-4-2;;1-3-2/h3H,4H2,1-2H3;;3H2,(H,1,2). The van der Waals surface area contributed by atoms with E-state index < -0.39 is 8.69 Å². The van der Waals surface area contributed by atoms with Crippen molar-refractivity contribution in [3.05, 3.63) is 0 Å². The van der Waals surface area contributed by atoms with Gasteiger partial charge in [0.25, 0.3) is 0 Å². The van der Waals surface area contributed by atoms with Crippen LogP contribution < -0.4 is 0 Å². The Bertz CT molecular complexity index is 49.3. The van der Waals surface area contributed by atoms with Crippen LogP contribution >= 0.6 is 8.69 Å². The summed E-state index contributed by atoms with van der Waals surface area (Å²) in [6, 6.07) is 0. The first-order chi connectivity index (χ1) is 3.68. The van der Waals surface area contributed by atoms with Gasteiger partial charge in [-0.15, -0.1) is 4.78 Å². The number of hydrogen-bond acceptors (Lipinski definition) is 1. The molecule has 0 saturated carbocycles. The molecule has 2 radical (unpaired) electrons. The van der Waals surface area contributed by atoms with Crippen LogP contribution in [0.3, 0.4) is 0 Å². The Morgan fingerprint density at radius 1 is 1.88 bits per heavy atom. The molecule has 0 aliphatic rings. The fourth-order valence-electron chi connectivity index (χ4n) is 0. The summed E-state index contributed by atoms with van der Waals surface area (Å²) in [7, 11) is -1.50. The first kappa shape index (κ1) is 11.5. The maximum Gasteiger partial charge on any atom is 0.177 e. The molecule has 0 amide bonds. The van der Waals surface area contributed by atoms with Crippen LogP contribution in [0.15, 0.2) is 0 Å². The highest BCUT2D eigenvalue weighted by Gasteiger charge is 1.79. The SMILES string of the molecule is CC[CH](C)[Al].O=[PH2]O. The van der Waals surface area contributed by atoms with Crippen LogP contribution in [0.5, 0.6) is 0 Å². The second-order valence-electron chi connectivity index (χ2n) is 1.49. The van der Waals surface area contributed by atoms with Crippen LogP contribution in [0.1, 0.15) is 20.3 Å². The lowest BCUT2D eigenvalue weighted by atomic mass is 10.4. The molecule has 0 saturated heterocycles. The van der Waals surface area contributed by atoms with Gasteiger partial charge in [0.15, 0.2) is 8.69 Å². The molecule has 0 bridgehead atoms. The normalized spacial score (nSPS) is 12.9. The van der Waals surface area contributed by atoms with Gasteiger partial charge in [0, 0.05) is 0 Å². The van der Waals surface area contributed by atoms with Gasteiger partial charge in [-0.3, -0.25) is 4.57 Å². The maximum absolute atomic E-state index is 8.57. The van der Waals surface area contributed by atoms with Gasteiger partial charge < -0.3 is 4.89 Å². The van der Waals surface area contributed by atoms with Crippen molar-refractivity contribution in [1.29, 1.82) is 0 Å². The maximum atomic E-state index is 8.57. The van der Waals surface area contributed by atoms with Crippen LogP contribution in [0.2, 0.25) is 4.78 Å². The van der Waals surface area contributed by atoms with Crippen molar-refractivity contribution in [2.24, 2.45) is 0 Å². The van der Waals surface area contributed by atoms with E-state index in [4.69, 9.17) is 9.46 Å². The molecule has 0 heterocycles. The highest BCUT2D eigenvalue weighted by molar-refractivity contribution is 7.16.